The summed E-state index contributed by atoms with van der Waals surface area (Å²) in [6.45, 7) is 1.29. The van der Waals surface area contributed by atoms with Crippen molar-refractivity contribution in [2.75, 3.05) is 27.9 Å². The summed E-state index contributed by atoms with van der Waals surface area (Å²) in [7, 11) is 4.47. The Bertz CT molecular complexity index is 368. The zero-order valence-electron chi connectivity index (χ0n) is 10.5. The first-order valence-electron chi connectivity index (χ1n) is 5.19. The van der Waals surface area contributed by atoms with Gasteiger partial charge >= 0.3 is 0 Å². The van der Waals surface area contributed by atoms with Crippen molar-refractivity contribution >= 4 is 0 Å². The number of ether oxygens (including phenoxy) is 3. The Hall–Kier alpha value is -1.49. The molecule has 1 atom stereocenters. The van der Waals surface area contributed by atoms with E-state index in [4.69, 9.17) is 19.9 Å². The highest BCUT2D eigenvalue weighted by Gasteiger charge is 2.27. The molecule has 17 heavy (non-hydrogen) atoms. The highest BCUT2D eigenvalue weighted by atomic mass is 19.1. The van der Waals surface area contributed by atoms with Crippen molar-refractivity contribution in [1.82, 2.24) is 0 Å². The molecule has 0 fully saturated rings. The normalized spacial score (nSPS) is 14.0. The van der Waals surface area contributed by atoms with E-state index in [1.807, 2.05) is 0 Å². The van der Waals surface area contributed by atoms with Crippen LogP contribution in [0.1, 0.15) is 12.5 Å². The Morgan fingerprint density at radius 3 is 1.88 bits per heavy atom. The minimum absolute atomic E-state index is 0.119. The molecule has 0 aliphatic rings. The second-order valence-electron chi connectivity index (χ2n) is 3.82. The van der Waals surface area contributed by atoms with Gasteiger partial charge < -0.3 is 19.9 Å². The molecular formula is C12H18FNO3. The Morgan fingerprint density at radius 1 is 1.12 bits per heavy atom. The molecule has 0 saturated carbocycles. The van der Waals surface area contributed by atoms with E-state index in [1.54, 1.807) is 12.1 Å². The molecule has 0 bridgehead atoms. The molecule has 0 radical (unpaired) electrons. The van der Waals surface area contributed by atoms with Crippen LogP contribution in [-0.2, 0) is 5.67 Å². The van der Waals surface area contributed by atoms with Crippen molar-refractivity contribution in [3.8, 4) is 17.2 Å². The zero-order valence-corrected chi connectivity index (χ0v) is 10.5. The highest BCUT2D eigenvalue weighted by Crippen LogP contribution is 2.41. The first-order chi connectivity index (χ1) is 8.00. The summed E-state index contributed by atoms with van der Waals surface area (Å²) in [6.07, 6.45) is 0. The summed E-state index contributed by atoms with van der Waals surface area (Å²) in [6, 6.07) is 3.13. The van der Waals surface area contributed by atoms with Crippen molar-refractivity contribution in [1.29, 1.82) is 0 Å². The van der Waals surface area contributed by atoms with Gasteiger partial charge in [-0.05, 0) is 24.6 Å². The van der Waals surface area contributed by atoms with Crippen LogP contribution < -0.4 is 19.9 Å². The first kappa shape index (κ1) is 13.6. The number of nitrogens with two attached hydrogens (primary N) is 1. The fraction of sp³-hybridized carbons (Fsp3) is 0.500. The standard InChI is InChI=1S/C12H18FNO3/c1-12(13,7-14)8-5-9(15-2)11(17-4)10(6-8)16-3/h5-6H,7,14H2,1-4H3. The molecule has 4 nitrogen and oxygen atoms in total. The molecule has 1 unspecified atom stereocenters. The molecule has 1 rings (SSSR count). The lowest BCUT2D eigenvalue weighted by Crippen LogP contribution is -2.26. The minimum atomic E-state index is -1.63. The van der Waals surface area contributed by atoms with Gasteiger partial charge in [-0.3, -0.25) is 0 Å². The van der Waals surface area contributed by atoms with E-state index in [-0.39, 0.29) is 6.54 Å². The number of halogens is 1. The SMILES string of the molecule is COc1cc(C(C)(F)CN)cc(OC)c1OC. The van der Waals surface area contributed by atoms with Crippen LogP contribution in [0, 0.1) is 0 Å². The Balaban J connectivity index is 3.37. The molecule has 96 valence electrons. The highest BCUT2D eigenvalue weighted by molar-refractivity contribution is 5.54. The van der Waals surface area contributed by atoms with E-state index >= 15 is 0 Å². The molecule has 1 aromatic rings. The van der Waals surface area contributed by atoms with Crippen LogP contribution in [0.25, 0.3) is 0 Å². The van der Waals surface area contributed by atoms with Crippen LogP contribution in [0.4, 0.5) is 4.39 Å². The van der Waals surface area contributed by atoms with Gasteiger partial charge in [-0.2, -0.15) is 0 Å². The lowest BCUT2D eigenvalue weighted by Gasteiger charge is -2.21. The fourth-order valence-electron chi connectivity index (χ4n) is 1.50. The van der Waals surface area contributed by atoms with E-state index in [0.29, 0.717) is 22.8 Å². The van der Waals surface area contributed by atoms with Gasteiger partial charge in [-0.1, -0.05) is 0 Å². The van der Waals surface area contributed by atoms with Crippen LogP contribution in [0.2, 0.25) is 0 Å². The molecule has 0 aromatic heterocycles. The van der Waals surface area contributed by atoms with E-state index in [2.05, 4.69) is 0 Å². The average molecular weight is 243 g/mol. The molecule has 0 saturated heterocycles. The quantitative estimate of drug-likeness (QED) is 0.857. The van der Waals surface area contributed by atoms with Crippen LogP contribution in [0.15, 0.2) is 12.1 Å². The summed E-state index contributed by atoms with van der Waals surface area (Å²) in [5.41, 5.74) is 4.17. The number of hydrogen-bond acceptors (Lipinski definition) is 4. The summed E-state index contributed by atoms with van der Waals surface area (Å²) in [5, 5.41) is 0. The number of methoxy groups -OCH3 is 3. The maximum atomic E-state index is 14.1. The van der Waals surface area contributed by atoms with E-state index in [0.717, 1.165) is 0 Å². The lowest BCUT2D eigenvalue weighted by atomic mass is 9.97. The molecular weight excluding hydrogens is 225 g/mol. The van der Waals surface area contributed by atoms with Gasteiger partial charge in [-0.25, -0.2) is 4.39 Å². The topological polar surface area (TPSA) is 53.7 Å². The van der Waals surface area contributed by atoms with Crippen LogP contribution in [0.5, 0.6) is 17.2 Å². The maximum absolute atomic E-state index is 14.1. The van der Waals surface area contributed by atoms with Crippen molar-refractivity contribution in [3.05, 3.63) is 17.7 Å². The van der Waals surface area contributed by atoms with Gasteiger partial charge in [0.1, 0.15) is 5.67 Å². The second kappa shape index (κ2) is 5.23. The van der Waals surface area contributed by atoms with Gasteiger partial charge in [0, 0.05) is 6.54 Å². The summed E-state index contributed by atoms with van der Waals surface area (Å²) < 4.78 is 29.6. The van der Waals surface area contributed by atoms with Crippen LogP contribution in [0.3, 0.4) is 0 Å². The summed E-state index contributed by atoms with van der Waals surface area (Å²) in [5.74, 6) is 1.27. The second-order valence-corrected chi connectivity index (χ2v) is 3.82. The molecule has 5 heteroatoms. The molecule has 0 aliphatic heterocycles. The Labute approximate surface area is 100 Å². The van der Waals surface area contributed by atoms with Gasteiger partial charge in [-0.15, -0.1) is 0 Å². The number of hydrogen-bond donors (Lipinski definition) is 1. The zero-order chi connectivity index (χ0) is 13.1. The average Bonchev–Trinajstić information content (AvgIpc) is 2.36. The first-order valence-corrected chi connectivity index (χ1v) is 5.19. The lowest BCUT2D eigenvalue weighted by molar-refractivity contribution is 0.201. The molecule has 0 aliphatic carbocycles. The number of rotatable bonds is 5. The molecule has 2 N–H and O–H groups in total. The fourth-order valence-corrected chi connectivity index (χ4v) is 1.50. The monoisotopic (exact) mass is 243 g/mol. The summed E-state index contributed by atoms with van der Waals surface area (Å²) in [4.78, 5) is 0. The summed E-state index contributed by atoms with van der Waals surface area (Å²) >= 11 is 0. The predicted molar refractivity (Wildman–Crippen MR) is 63.6 cm³/mol. The predicted octanol–water partition coefficient (Wildman–Crippen LogP) is 1.86. The van der Waals surface area contributed by atoms with Gasteiger partial charge in [0.2, 0.25) is 5.75 Å². The van der Waals surface area contributed by atoms with Crippen LogP contribution in [-0.4, -0.2) is 27.9 Å². The number of alkyl halides is 1. The molecule has 0 spiro atoms. The maximum Gasteiger partial charge on any atom is 0.203 e. The van der Waals surface area contributed by atoms with Crippen molar-refractivity contribution < 1.29 is 18.6 Å². The smallest absolute Gasteiger partial charge is 0.203 e. The third-order valence-electron chi connectivity index (χ3n) is 2.65. The van der Waals surface area contributed by atoms with E-state index in [1.165, 1.54) is 28.3 Å². The Morgan fingerprint density at radius 2 is 1.59 bits per heavy atom. The van der Waals surface area contributed by atoms with Crippen molar-refractivity contribution in [2.24, 2.45) is 5.73 Å². The third kappa shape index (κ3) is 2.61. The van der Waals surface area contributed by atoms with E-state index in [9.17, 15) is 4.39 Å². The largest absolute Gasteiger partial charge is 0.493 e. The molecule has 0 heterocycles. The number of benzene rings is 1. The van der Waals surface area contributed by atoms with Crippen LogP contribution >= 0.6 is 0 Å². The Kier molecular flexibility index (Phi) is 4.17. The molecule has 1 aromatic carbocycles. The van der Waals surface area contributed by atoms with E-state index < -0.39 is 5.67 Å². The van der Waals surface area contributed by atoms with Gasteiger partial charge in [0.15, 0.2) is 11.5 Å². The third-order valence-corrected chi connectivity index (χ3v) is 2.65. The van der Waals surface area contributed by atoms with Gasteiger partial charge in [0.05, 0.1) is 21.3 Å². The minimum Gasteiger partial charge on any atom is -0.493 e. The van der Waals surface area contributed by atoms with Gasteiger partial charge in [0.25, 0.3) is 0 Å². The molecule has 0 amide bonds. The van der Waals surface area contributed by atoms with Crippen molar-refractivity contribution in [2.45, 2.75) is 12.6 Å². The van der Waals surface area contributed by atoms with Crippen molar-refractivity contribution in [3.63, 3.8) is 0 Å².